The monoisotopic (exact) mass is 182 g/mol. The molecular formula is C8H10N2OS. The maximum absolute atomic E-state index is 5.06. The molecule has 0 amide bonds. The van der Waals surface area contributed by atoms with Gasteiger partial charge in [0.05, 0.1) is 12.7 Å². The molecule has 0 aliphatic carbocycles. The van der Waals surface area contributed by atoms with Gasteiger partial charge in [0.2, 0.25) is 0 Å². The first-order valence-corrected chi connectivity index (χ1v) is 4.58. The van der Waals surface area contributed by atoms with E-state index in [1.807, 2.05) is 0 Å². The molecule has 1 aromatic heterocycles. The molecule has 4 heteroatoms. The number of nitrogens with zero attached hydrogens (tertiary/aromatic N) is 1. The van der Waals surface area contributed by atoms with Crippen LogP contribution in [0, 0.1) is 12.3 Å². The lowest BCUT2D eigenvalue weighted by Crippen LogP contribution is -2.16. The molecule has 0 spiro atoms. The number of nitrogens with one attached hydrogen (secondary N) is 1. The average Bonchev–Trinajstić information content (AvgIpc) is 2.57. The maximum atomic E-state index is 5.06. The molecule has 0 saturated carbocycles. The minimum Gasteiger partial charge on any atom is -0.440 e. The van der Waals surface area contributed by atoms with Gasteiger partial charge in [-0.2, -0.15) is 0 Å². The van der Waals surface area contributed by atoms with E-state index < -0.39 is 0 Å². The fourth-order valence-electron chi connectivity index (χ4n) is 0.653. The second kappa shape index (κ2) is 5.70. The lowest BCUT2D eigenvalue weighted by atomic mass is 10.6. The molecule has 0 aromatic carbocycles. The molecule has 0 bridgehead atoms. The van der Waals surface area contributed by atoms with Gasteiger partial charge in [0, 0.05) is 12.3 Å². The Morgan fingerprint density at radius 1 is 1.75 bits per heavy atom. The molecule has 1 heterocycles. The molecule has 0 atom stereocenters. The Morgan fingerprint density at radius 3 is 3.33 bits per heavy atom. The number of aromatic nitrogens is 1. The predicted octanol–water partition coefficient (Wildman–Crippen LogP) is 0.990. The van der Waals surface area contributed by atoms with Gasteiger partial charge in [0.1, 0.15) is 6.26 Å². The van der Waals surface area contributed by atoms with E-state index in [1.165, 1.54) is 0 Å². The van der Waals surface area contributed by atoms with Crippen molar-refractivity contribution in [1.82, 2.24) is 10.3 Å². The second-order valence-electron chi connectivity index (χ2n) is 2.03. The Bertz CT molecular complexity index is 240. The summed E-state index contributed by atoms with van der Waals surface area (Å²) >= 11 is 1.57. The van der Waals surface area contributed by atoms with E-state index in [4.69, 9.17) is 10.8 Å². The van der Waals surface area contributed by atoms with E-state index in [0.717, 1.165) is 12.3 Å². The van der Waals surface area contributed by atoms with Crippen molar-refractivity contribution < 1.29 is 4.42 Å². The van der Waals surface area contributed by atoms with Crippen LogP contribution in [0.1, 0.15) is 0 Å². The first-order valence-electron chi connectivity index (χ1n) is 3.60. The first kappa shape index (κ1) is 9.17. The Kier molecular flexibility index (Phi) is 4.35. The van der Waals surface area contributed by atoms with Crippen LogP contribution >= 0.6 is 11.8 Å². The van der Waals surface area contributed by atoms with Gasteiger partial charge in [-0.25, -0.2) is 4.98 Å². The summed E-state index contributed by atoms with van der Waals surface area (Å²) in [5.41, 5.74) is 0. The van der Waals surface area contributed by atoms with E-state index >= 15 is 0 Å². The summed E-state index contributed by atoms with van der Waals surface area (Å²) in [6, 6.07) is 0. The van der Waals surface area contributed by atoms with Gasteiger partial charge in [-0.1, -0.05) is 17.7 Å². The smallest absolute Gasteiger partial charge is 0.255 e. The van der Waals surface area contributed by atoms with Crippen molar-refractivity contribution in [3.63, 3.8) is 0 Å². The van der Waals surface area contributed by atoms with Crippen LogP contribution in [0.2, 0.25) is 0 Å². The standard InChI is InChI=1S/C8H10N2OS/c1-2-3-9-5-7-12-8-10-4-6-11-8/h1,4,6,9H,3,5,7H2. The minimum atomic E-state index is 0.617. The highest BCUT2D eigenvalue weighted by atomic mass is 32.2. The van der Waals surface area contributed by atoms with Crippen molar-refractivity contribution in [2.75, 3.05) is 18.8 Å². The number of terminal acetylenes is 1. The first-order chi connectivity index (χ1) is 5.93. The largest absolute Gasteiger partial charge is 0.440 e. The SMILES string of the molecule is C#CCNCCSc1ncco1. The van der Waals surface area contributed by atoms with Crippen molar-refractivity contribution in [2.45, 2.75) is 5.22 Å². The summed E-state index contributed by atoms with van der Waals surface area (Å²) < 4.78 is 5.02. The Balaban J connectivity index is 2.01. The zero-order valence-corrected chi connectivity index (χ0v) is 7.43. The van der Waals surface area contributed by atoms with Crippen molar-refractivity contribution in [1.29, 1.82) is 0 Å². The molecule has 0 saturated heterocycles. The number of rotatable bonds is 5. The highest BCUT2D eigenvalue weighted by Crippen LogP contribution is 2.12. The van der Waals surface area contributed by atoms with Crippen molar-refractivity contribution in [3.05, 3.63) is 12.5 Å². The fraction of sp³-hybridized carbons (Fsp3) is 0.375. The summed E-state index contributed by atoms with van der Waals surface area (Å²) in [6.45, 7) is 1.49. The lowest BCUT2D eigenvalue weighted by molar-refractivity contribution is 0.454. The van der Waals surface area contributed by atoms with Gasteiger partial charge in [0.15, 0.2) is 0 Å². The molecule has 1 N–H and O–H groups in total. The fourth-order valence-corrected chi connectivity index (χ4v) is 1.33. The topological polar surface area (TPSA) is 38.1 Å². The van der Waals surface area contributed by atoms with Gasteiger partial charge in [0.25, 0.3) is 5.22 Å². The summed E-state index contributed by atoms with van der Waals surface area (Å²) in [4.78, 5) is 3.96. The van der Waals surface area contributed by atoms with Gasteiger partial charge < -0.3 is 9.73 Å². The van der Waals surface area contributed by atoms with Crippen molar-refractivity contribution in [3.8, 4) is 12.3 Å². The number of oxazole rings is 1. The van der Waals surface area contributed by atoms with Crippen molar-refractivity contribution in [2.24, 2.45) is 0 Å². The lowest BCUT2D eigenvalue weighted by Gasteiger charge is -1.96. The third-order valence-electron chi connectivity index (χ3n) is 1.14. The second-order valence-corrected chi connectivity index (χ2v) is 3.07. The summed E-state index contributed by atoms with van der Waals surface area (Å²) in [6.07, 6.45) is 8.26. The highest BCUT2D eigenvalue weighted by Gasteiger charge is 1.95. The predicted molar refractivity (Wildman–Crippen MR) is 48.9 cm³/mol. The molecule has 64 valence electrons. The molecular weight excluding hydrogens is 172 g/mol. The summed E-state index contributed by atoms with van der Waals surface area (Å²) in [5, 5.41) is 3.78. The molecule has 0 aliphatic rings. The number of thioether (sulfide) groups is 1. The molecule has 1 rings (SSSR count). The van der Waals surface area contributed by atoms with Crippen LogP contribution in [0.5, 0.6) is 0 Å². The third-order valence-corrected chi connectivity index (χ3v) is 2.00. The van der Waals surface area contributed by atoms with Gasteiger partial charge in [-0.05, 0) is 0 Å². The maximum Gasteiger partial charge on any atom is 0.255 e. The Labute approximate surface area is 75.9 Å². The van der Waals surface area contributed by atoms with Crippen LogP contribution < -0.4 is 5.32 Å². The van der Waals surface area contributed by atoms with E-state index in [2.05, 4.69) is 16.2 Å². The zero-order chi connectivity index (χ0) is 8.65. The number of hydrogen-bond donors (Lipinski definition) is 1. The molecule has 0 aliphatic heterocycles. The normalized spacial score (nSPS) is 9.58. The van der Waals surface area contributed by atoms with Crippen LogP contribution in [0.25, 0.3) is 0 Å². The van der Waals surface area contributed by atoms with Crippen LogP contribution in [-0.2, 0) is 0 Å². The van der Waals surface area contributed by atoms with Gasteiger partial charge >= 0.3 is 0 Å². The Morgan fingerprint density at radius 2 is 2.67 bits per heavy atom. The van der Waals surface area contributed by atoms with Crippen LogP contribution in [0.15, 0.2) is 22.1 Å². The van der Waals surface area contributed by atoms with Crippen molar-refractivity contribution >= 4 is 11.8 Å². The molecule has 0 unspecified atom stereocenters. The molecule has 0 radical (unpaired) electrons. The molecule has 3 nitrogen and oxygen atoms in total. The molecule has 0 fully saturated rings. The summed E-state index contributed by atoms with van der Waals surface area (Å²) in [7, 11) is 0. The van der Waals surface area contributed by atoms with Crippen LogP contribution in [0.4, 0.5) is 0 Å². The third kappa shape index (κ3) is 3.46. The van der Waals surface area contributed by atoms with Crippen LogP contribution in [-0.4, -0.2) is 23.8 Å². The molecule has 1 aromatic rings. The summed E-state index contributed by atoms with van der Waals surface area (Å²) in [5.74, 6) is 3.42. The highest BCUT2D eigenvalue weighted by molar-refractivity contribution is 7.99. The van der Waals surface area contributed by atoms with E-state index in [1.54, 1.807) is 24.2 Å². The Hall–Kier alpha value is -0.920. The average molecular weight is 182 g/mol. The molecule has 12 heavy (non-hydrogen) atoms. The van der Waals surface area contributed by atoms with Gasteiger partial charge in [-0.3, -0.25) is 0 Å². The van der Waals surface area contributed by atoms with Crippen LogP contribution in [0.3, 0.4) is 0 Å². The van der Waals surface area contributed by atoms with Gasteiger partial charge in [-0.15, -0.1) is 6.42 Å². The number of hydrogen-bond acceptors (Lipinski definition) is 4. The van der Waals surface area contributed by atoms with E-state index in [0.29, 0.717) is 11.8 Å². The van der Waals surface area contributed by atoms with E-state index in [9.17, 15) is 0 Å². The quantitative estimate of drug-likeness (QED) is 0.418. The van der Waals surface area contributed by atoms with E-state index in [-0.39, 0.29) is 0 Å². The zero-order valence-electron chi connectivity index (χ0n) is 6.62. The minimum absolute atomic E-state index is 0.617.